The van der Waals surface area contributed by atoms with Crippen molar-refractivity contribution >= 4 is 18.0 Å². The van der Waals surface area contributed by atoms with Gasteiger partial charge in [0, 0.05) is 13.1 Å². The molecular weight excluding hydrogens is 240 g/mol. The van der Waals surface area contributed by atoms with E-state index in [4.69, 9.17) is 10.2 Å². The van der Waals surface area contributed by atoms with Crippen molar-refractivity contribution in [2.45, 2.75) is 18.9 Å². The van der Waals surface area contributed by atoms with Crippen LogP contribution in [0.3, 0.4) is 0 Å². The van der Waals surface area contributed by atoms with E-state index in [0.717, 1.165) is 11.0 Å². The van der Waals surface area contributed by atoms with Gasteiger partial charge in [-0.05, 0) is 24.8 Å². The summed E-state index contributed by atoms with van der Waals surface area (Å²) in [5, 5.41) is 20.4. The standard InChI is InChI=1S/C11H16N2O5/c1-2-9(14)12-4-3-7-5-8(10(15)16)13(6-7)11(17)18/h2,7-8H,1,3-6H2,(H,12,14)(H,15,16)(H,17,18)/t7?,8-/m0/s1. The lowest BCUT2D eigenvalue weighted by molar-refractivity contribution is -0.141. The van der Waals surface area contributed by atoms with E-state index in [1.54, 1.807) is 0 Å². The highest BCUT2D eigenvalue weighted by atomic mass is 16.4. The molecule has 0 saturated carbocycles. The number of carboxylic acid groups (broad SMARTS) is 2. The van der Waals surface area contributed by atoms with Crippen LogP contribution in [0, 0.1) is 5.92 Å². The molecule has 7 heteroatoms. The maximum atomic E-state index is 10.9. The van der Waals surface area contributed by atoms with Gasteiger partial charge >= 0.3 is 12.1 Å². The minimum atomic E-state index is -1.22. The second-order valence-corrected chi connectivity index (χ2v) is 4.17. The molecule has 2 atom stereocenters. The quantitative estimate of drug-likeness (QED) is 0.606. The van der Waals surface area contributed by atoms with Crippen molar-refractivity contribution in [2.24, 2.45) is 5.92 Å². The van der Waals surface area contributed by atoms with Gasteiger partial charge in [0.05, 0.1) is 0 Å². The number of amides is 2. The molecule has 0 aromatic rings. The molecule has 7 nitrogen and oxygen atoms in total. The summed E-state index contributed by atoms with van der Waals surface area (Å²) in [5.41, 5.74) is 0. The van der Waals surface area contributed by atoms with Gasteiger partial charge in [-0.3, -0.25) is 9.69 Å². The Balaban J connectivity index is 2.46. The van der Waals surface area contributed by atoms with Crippen LogP contribution in [0.4, 0.5) is 4.79 Å². The van der Waals surface area contributed by atoms with Crippen LogP contribution in [-0.2, 0) is 9.59 Å². The molecule has 2 amide bonds. The maximum Gasteiger partial charge on any atom is 0.408 e. The number of hydrogen-bond donors (Lipinski definition) is 3. The minimum absolute atomic E-state index is 0.0488. The van der Waals surface area contributed by atoms with Crippen LogP contribution >= 0.6 is 0 Å². The molecule has 0 aliphatic carbocycles. The van der Waals surface area contributed by atoms with Crippen molar-refractivity contribution in [2.75, 3.05) is 13.1 Å². The van der Waals surface area contributed by atoms with Gasteiger partial charge in [-0.15, -0.1) is 0 Å². The first kappa shape index (κ1) is 14.0. The summed E-state index contributed by atoms with van der Waals surface area (Å²) in [6.07, 6.45) is 0.761. The topological polar surface area (TPSA) is 107 Å². The number of nitrogens with zero attached hydrogens (tertiary/aromatic N) is 1. The maximum absolute atomic E-state index is 10.9. The van der Waals surface area contributed by atoms with Crippen LogP contribution in [0.25, 0.3) is 0 Å². The first-order valence-electron chi connectivity index (χ1n) is 5.58. The Morgan fingerprint density at radius 3 is 2.50 bits per heavy atom. The molecule has 1 saturated heterocycles. The summed E-state index contributed by atoms with van der Waals surface area (Å²) in [4.78, 5) is 33.6. The van der Waals surface area contributed by atoms with Crippen molar-refractivity contribution in [3.8, 4) is 0 Å². The van der Waals surface area contributed by atoms with Gasteiger partial charge in [0.2, 0.25) is 5.91 Å². The average molecular weight is 256 g/mol. The molecule has 1 heterocycles. The summed E-state index contributed by atoms with van der Waals surface area (Å²) in [6.45, 7) is 3.88. The third kappa shape index (κ3) is 3.47. The van der Waals surface area contributed by atoms with Gasteiger partial charge in [0.25, 0.3) is 0 Å². The number of likely N-dealkylation sites (tertiary alicyclic amines) is 1. The first-order chi connectivity index (χ1) is 8.45. The molecule has 0 spiro atoms. The van der Waals surface area contributed by atoms with Crippen molar-refractivity contribution in [3.63, 3.8) is 0 Å². The van der Waals surface area contributed by atoms with Crippen molar-refractivity contribution < 1.29 is 24.6 Å². The van der Waals surface area contributed by atoms with Gasteiger partial charge in [0.1, 0.15) is 6.04 Å². The monoisotopic (exact) mass is 256 g/mol. The molecule has 1 fully saturated rings. The fourth-order valence-corrected chi connectivity index (χ4v) is 2.05. The van der Waals surface area contributed by atoms with Gasteiger partial charge < -0.3 is 15.5 Å². The van der Waals surface area contributed by atoms with E-state index < -0.39 is 18.1 Å². The Morgan fingerprint density at radius 2 is 2.06 bits per heavy atom. The Hall–Kier alpha value is -2.05. The first-order valence-corrected chi connectivity index (χ1v) is 5.58. The Bertz CT molecular complexity index is 346. The largest absolute Gasteiger partial charge is 0.480 e. The minimum Gasteiger partial charge on any atom is -0.480 e. The summed E-state index contributed by atoms with van der Waals surface area (Å²) in [6, 6.07) is -0.984. The highest BCUT2D eigenvalue weighted by Crippen LogP contribution is 2.25. The van der Waals surface area contributed by atoms with E-state index in [-0.39, 0.29) is 24.8 Å². The Morgan fingerprint density at radius 1 is 1.39 bits per heavy atom. The van der Waals surface area contributed by atoms with E-state index in [1.807, 2.05) is 0 Å². The van der Waals surface area contributed by atoms with Gasteiger partial charge in [0.15, 0.2) is 0 Å². The molecule has 1 rings (SSSR count). The number of carbonyl (C=O) groups excluding carboxylic acids is 1. The number of nitrogens with one attached hydrogen (secondary N) is 1. The fraction of sp³-hybridized carbons (Fsp3) is 0.545. The lowest BCUT2D eigenvalue weighted by atomic mass is 10.0. The predicted molar refractivity (Wildman–Crippen MR) is 62.1 cm³/mol. The van der Waals surface area contributed by atoms with Gasteiger partial charge in [-0.25, -0.2) is 9.59 Å². The fourth-order valence-electron chi connectivity index (χ4n) is 2.05. The zero-order chi connectivity index (χ0) is 13.7. The third-order valence-electron chi connectivity index (χ3n) is 2.96. The normalized spacial score (nSPS) is 22.6. The molecule has 0 aromatic heterocycles. The van der Waals surface area contributed by atoms with Crippen LogP contribution in [0.5, 0.6) is 0 Å². The SMILES string of the molecule is C=CC(=O)NCCC1C[C@@H](C(=O)O)N(C(=O)O)C1. The van der Waals surface area contributed by atoms with E-state index in [9.17, 15) is 14.4 Å². The van der Waals surface area contributed by atoms with E-state index in [0.29, 0.717) is 13.0 Å². The second kappa shape index (κ2) is 6.04. The molecule has 1 aliphatic heterocycles. The Labute approximate surface area is 104 Å². The van der Waals surface area contributed by atoms with Crippen LogP contribution in [0.1, 0.15) is 12.8 Å². The van der Waals surface area contributed by atoms with Crippen molar-refractivity contribution in [1.82, 2.24) is 10.2 Å². The van der Waals surface area contributed by atoms with Crippen LogP contribution in [0.15, 0.2) is 12.7 Å². The van der Waals surface area contributed by atoms with Crippen LogP contribution in [-0.4, -0.2) is 52.2 Å². The smallest absolute Gasteiger partial charge is 0.408 e. The second-order valence-electron chi connectivity index (χ2n) is 4.17. The van der Waals surface area contributed by atoms with E-state index in [2.05, 4.69) is 11.9 Å². The molecule has 0 radical (unpaired) electrons. The zero-order valence-corrected chi connectivity index (χ0v) is 9.83. The molecule has 1 aliphatic rings. The van der Waals surface area contributed by atoms with Crippen LogP contribution in [0.2, 0.25) is 0 Å². The van der Waals surface area contributed by atoms with Gasteiger partial charge in [-0.2, -0.15) is 0 Å². The average Bonchev–Trinajstić information content (AvgIpc) is 2.73. The molecule has 100 valence electrons. The van der Waals surface area contributed by atoms with Gasteiger partial charge in [-0.1, -0.05) is 6.58 Å². The molecule has 0 bridgehead atoms. The zero-order valence-electron chi connectivity index (χ0n) is 9.83. The van der Waals surface area contributed by atoms with E-state index >= 15 is 0 Å². The summed E-state index contributed by atoms with van der Waals surface area (Å²) in [5.74, 6) is -1.47. The van der Waals surface area contributed by atoms with Crippen LogP contribution < -0.4 is 5.32 Å². The molecule has 3 N–H and O–H groups in total. The van der Waals surface area contributed by atoms with Crippen molar-refractivity contribution in [3.05, 3.63) is 12.7 Å². The summed E-state index contributed by atoms with van der Waals surface area (Å²) >= 11 is 0. The summed E-state index contributed by atoms with van der Waals surface area (Å²) in [7, 11) is 0. The van der Waals surface area contributed by atoms with E-state index in [1.165, 1.54) is 0 Å². The summed E-state index contributed by atoms with van der Waals surface area (Å²) < 4.78 is 0. The molecule has 1 unspecified atom stereocenters. The number of hydrogen-bond acceptors (Lipinski definition) is 3. The molecular formula is C11H16N2O5. The highest BCUT2D eigenvalue weighted by molar-refractivity contribution is 5.86. The number of carboxylic acids is 1. The third-order valence-corrected chi connectivity index (χ3v) is 2.96. The van der Waals surface area contributed by atoms with Crippen molar-refractivity contribution in [1.29, 1.82) is 0 Å². The lowest BCUT2D eigenvalue weighted by Crippen LogP contribution is -2.39. The molecule has 0 aromatic carbocycles. The highest BCUT2D eigenvalue weighted by Gasteiger charge is 2.39. The predicted octanol–water partition coefficient (Wildman–Crippen LogP) is 0.132. The number of aliphatic carboxylic acids is 1. The molecule has 18 heavy (non-hydrogen) atoms. The lowest BCUT2D eigenvalue weighted by Gasteiger charge is -2.16. The Kier molecular flexibility index (Phi) is 4.70. The number of carbonyl (C=O) groups is 3. The number of rotatable bonds is 5.